The molecule has 106 valence electrons. The van der Waals surface area contributed by atoms with Crippen LogP contribution in [0.1, 0.15) is 32.0 Å². The Labute approximate surface area is 120 Å². The molecule has 0 saturated heterocycles. The van der Waals surface area contributed by atoms with Crippen LogP contribution in [0.15, 0.2) is 36.4 Å². The molecule has 2 aromatic rings. The van der Waals surface area contributed by atoms with E-state index in [4.69, 9.17) is 4.74 Å². The second kappa shape index (κ2) is 7.01. The molecule has 0 radical (unpaired) electrons. The number of benzene rings is 1. The van der Waals surface area contributed by atoms with Gasteiger partial charge in [-0.25, -0.2) is 0 Å². The Balaban J connectivity index is 2.03. The van der Waals surface area contributed by atoms with Crippen molar-refractivity contribution in [1.29, 1.82) is 0 Å². The van der Waals surface area contributed by atoms with Crippen molar-refractivity contribution in [3.63, 3.8) is 0 Å². The summed E-state index contributed by atoms with van der Waals surface area (Å²) in [7, 11) is 0. The van der Waals surface area contributed by atoms with E-state index in [9.17, 15) is 0 Å². The Bertz CT molecular complexity index is 538. The van der Waals surface area contributed by atoms with E-state index in [2.05, 4.69) is 42.4 Å². The zero-order valence-electron chi connectivity index (χ0n) is 12.3. The van der Waals surface area contributed by atoms with Crippen LogP contribution >= 0.6 is 0 Å². The third-order valence-corrected chi connectivity index (χ3v) is 2.95. The van der Waals surface area contributed by atoms with Gasteiger partial charge in [0.05, 0.1) is 5.69 Å². The van der Waals surface area contributed by atoms with Gasteiger partial charge in [-0.15, -0.1) is 5.10 Å². The zero-order valence-corrected chi connectivity index (χ0v) is 12.3. The number of rotatable bonds is 6. The first-order valence-corrected chi connectivity index (χ1v) is 7.00. The normalized spacial score (nSPS) is 10.8. The average Bonchev–Trinajstić information content (AvgIpc) is 2.47. The average molecular weight is 271 g/mol. The van der Waals surface area contributed by atoms with Crippen LogP contribution in [-0.2, 0) is 13.0 Å². The third kappa shape index (κ3) is 4.03. The maximum atomic E-state index is 5.79. The number of nitrogens with one attached hydrogen (secondary N) is 1. The lowest BCUT2D eigenvalue weighted by Crippen LogP contribution is -2.22. The molecule has 4 nitrogen and oxygen atoms in total. The minimum atomic E-state index is 0.434. The fourth-order valence-corrected chi connectivity index (χ4v) is 1.81. The van der Waals surface area contributed by atoms with Gasteiger partial charge in [-0.1, -0.05) is 39.0 Å². The summed E-state index contributed by atoms with van der Waals surface area (Å²) in [5.41, 5.74) is 2.08. The van der Waals surface area contributed by atoms with Crippen LogP contribution in [0.4, 0.5) is 0 Å². The molecule has 0 unspecified atom stereocenters. The second-order valence-corrected chi connectivity index (χ2v) is 4.96. The summed E-state index contributed by atoms with van der Waals surface area (Å²) in [5.74, 6) is 1.37. The summed E-state index contributed by atoms with van der Waals surface area (Å²) in [6.07, 6.45) is 0.931. The molecule has 1 aromatic carbocycles. The van der Waals surface area contributed by atoms with Gasteiger partial charge in [0, 0.05) is 18.7 Å². The minimum Gasteiger partial charge on any atom is -0.437 e. The van der Waals surface area contributed by atoms with Gasteiger partial charge in [0.25, 0.3) is 0 Å². The van der Waals surface area contributed by atoms with E-state index in [0.717, 1.165) is 24.4 Å². The van der Waals surface area contributed by atoms with Crippen molar-refractivity contribution in [2.75, 3.05) is 0 Å². The molecule has 0 amide bonds. The first-order chi connectivity index (χ1) is 9.69. The lowest BCUT2D eigenvalue weighted by atomic mass is 10.1. The summed E-state index contributed by atoms with van der Waals surface area (Å²) >= 11 is 0. The van der Waals surface area contributed by atoms with E-state index in [0.29, 0.717) is 11.9 Å². The number of hydrogen-bond donors (Lipinski definition) is 1. The lowest BCUT2D eigenvalue weighted by molar-refractivity contribution is 0.447. The van der Waals surface area contributed by atoms with E-state index in [1.165, 1.54) is 5.56 Å². The Morgan fingerprint density at radius 3 is 2.55 bits per heavy atom. The van der Waals surface area contributed by atoms with Gasteiger partial charge in [0.15, 0.2) is 0 Å². The van der Waals surface area contributed by atoms with E-state index >= 15 is 0 Å². The lowest BCUT2D eigenvalue weighted by Gasteiger charge is -2.09. The molecule has 20 heavy (non-hydrogen) atoms. The van der Waals surface area contributed by atoms with E-state index < -0.39 is 0 Å². The van der Waals surface area contributed by atoms with Gasteiger partial charge >= 0.3 is 0 Å². The number of aromatic nitrogens is 2. The number of para-hydroxylation sites is 1. The fraction of sp³-hybridized carbons (Fsp3) is 0.375. The standard InChI is InChI=1S/C16H21N3O/c1-4-13-7-5-6-8-15(13)20-16-10-9-14(18-19-16)11-17-12(2)3/h5-10,12,17H,4,11H2,1-3H3. The molecule has 1 aromatic heterocycles. The third-order valence-electron chi connectivity index (χ3n) is 2.95. The SMILES string of the molecule is CCc1ccccc1Oc1ccc(CNC(C)C)nn1. The van der Waals surface area contributed by atoms with Crippen LogP contribution < -0.4 is 10.1 Å². The number of hydrogen-bond acceptors (Lipinski definition) is 4. The Morgan fingerprint density at radius 1 is 1.10 bits per heavy atom. The summed E-state index contributed by atoms with van der Waals surface area (Å²) in [6.45, 7) is 7.03. The molecule has 4 heteroatoms. The topological polar surface area (TPSA) is 47.0 Å². The maximum Gasteiger partial charge on any atom is 0.238 e. The first kappa shape index (κ1) is 14.5. The smallest absolute Gasteiger partial charge is 0.238 e. The summed E-state index contributed by atoms with van der Waals surface area (Å²) in [5, 5.41) is 11.6. The highest BCUT2D eigenvalue weighted by molar-refractivity contribution is 5.35. The van der Waals surface area contributed by atoms with Crippen molar-refractivity contribution in [1.82, 2.24) is 15.5 Å². The van der Waals surface area contributed by atoms with Gasteiger partial charge in [0.1, 0.15) is 5.75 Å². The minimum absolute atomic E-state index is 0.434. The van der Waals surface area contributed by atoms with Gasteiger partial charge < -0.3 is 10.1 Å². The molecule has 0 saturated carbocycles. The number of aryl methyl sites for hydroxylation is 1. The molecular weight excluding hydrogens is 250 g/mol. The Morgan fingerprint density at radius 2 is 1.90 bits per heavy atom. The monoisotopic (exact) mass is 271 g/mol. The van der Waals surface area contributed by atoms with Gasteiger partial charge in [-0.3, -0.25) is 0 Å². The molecule has 0 fully saturated rings. The largest absolute Gasteiger partial charge is 0.437 e. The molecule has 2 rings (SSSR count). The zero-order chi connectivity index (χ0) is 14.4. The second-order valence-electron chi connectivity index (χ2n) is 4.96. The number of nitrogens with zero attached hydrogens (tertiary/aromatic N) is 2. The predicted octanol–water partition coefficient (Wildman–Crippen LogP) is 3.33. The van der Waals surface area contributed by atoms with Crippen LogP contribution in [-0.4, -0.2) is 16.2 Å². The van der Waals surface area contributed by atoms with Crippen LogP contribution in [0.25, 0.3) is 0 Å². The first-order valence-electron chi connectivity index (χ1n) is 7.00. The molecule has 0 spiro atoms. The van der Waals surface area contributed by atoms with E-state index in [-0.39, 0.29) is 0 Å². The highest BCUT2D eigenvalue weighted by Gasteiger charge is 2.04. The summed E-state index contributed by atoms with van der Waals surface area (Å²) in [4.78, 5) is 0. The van der Waals surface area contributed by atoms with Crippen molar-refractivity contribution in [2.24, 2.45) is 0 Å². The molecule has 0 bridgehead atoms. The van der Waals surface area contributed by atoms with Crippen molar-refractivity contribution in [3.8, 4) is 11.6 Å². The highest BCUT2D eigenvalue weighted by Crippen LogP contribution is 2.23. The van der Waals surface area contributed by atoms with E-state index in [1.807, 2.05) is 30.3 Å². The quantitative estimate of drug-likeness (QED) is 0.875. The molecular formula is C16H21N3O. The molecule has 0 atom stereocenters. The van der Waals surface area contributed by atoms with Crippen molar-refractivity contribution < 1.29 is 4.74 Å². The Hall–Kier alpha value is -1.94. The molecule has 0 aliphatic carbocycles. The summed E-state index contributed by atoms with van der Waals surface area (Å²) < 4.78 is 5.79. The fourth-order valence-electron chi connectivity index (χ4n) is 1.81. The summed E-state index contributed by atoms with van der Waals surface area (Å²) in [6, 6.07) is 12.2. The van der Waals surface area contributed by atoms with Crippen molar-refractivity contribution in [3.05, 3.63) is 47.7 Å². The Kier molecular flexibility index (Phi) is 5.07. The van der Waals surface area contributed by atoms with Gasteiger partial charge in [0.2, 0.25) is 5.88 Å². The molecule has 1 N–H and O–H groups in total. The van der Waals surface area contributed by atoms with Crippen molar-refractivity contribution in [2.45, 2.75) is 39.8 Å². The maximum absolute atomic E-state index is 5.79. The van der Waals surface area contributed by atoms with Crippen LogP contribution in [0.3, 0.4) is 0 Å². The molecule has 0 aliphatic rings. The van der Waals surface area contributed by atoms with Crippen LogP contribution in [0.5, 0.6) is 11.6 Å². The van der Waals surface area contributed by atoms with Gasteiger partial charge in [-0.05, 0) is 24.1 Å². The molecule has 1 heterocycles. The van der Waals surface area contributed by atoms with Crippen LogP contribution in [0, 0.1) is 0 Å². The van der Waals surface area contributed by atoms with E-state index in [1.54, 1.807) is 0 Å². The van der Waals surface area contributed by atoms with Crippen LogP contribution in [0.2, 0.25) is 0 Å². The van der Waals surface area contributed by atoms with Gasteiger partial charge in [-0.2, -0.15) is 5.10 Å². The predicted molar refractivity (Wildman–Crippen MR) is 79.9 cm³/mol. The van der Waals surface area contributed by atoms with Crippen molar-refractivity contribution >= 4 is 0 Å². The molecule has 0 aliphatic heterocycles. The highest BCUT2D eigenvalue weighted by atomic mass is 16.5. The number of ether oxygens (including phenoxy) is 1.